The van der Waals surface area contributed by atoms with E-state index in [1.54, 1.807) is 12.1 Å². The first kappa shape index (κ1) is 17.7. The largest absolute Gasteiger partial charge is 0.388 e. The summed E-state index contributed by atoms with van der Waals surface area (Å²) in [6, 6.07) is 4.54. The maximum absolute atomic E-state index is 13.7. The smallest absolute Gasteiger partial charge is 0.315 e. The molecule has 1 saturated carbocycles. The molecule has 2 amide bonds. The van der Waals surface area contributed by atoms with Crippen LogP contribution in [0.2, 0.25) is 0 Å². The Kier molecular flexibility index (Phi) is 5.96. The van der Waals surface area contributed by atoms with Gasteiger partial charge in [-0.05, 0) is 44.6 Å². The van der Waals surface area contributed by atoms with Gasteiger partial charge in [0.15, 0.2) is 0 Å². The van der Waals surface area contributed by atoms with Crippen LogP contribution in [0.25, 0.3) is 0 Å². The van der Waals surface area contributed by atoms with E-state index in [0.717, 1.165) is 31.2 Å². The van der Waals surface area contributed by atoms with Crippen molar-refractivity contribution >= 4 is 6.03 Å². The summed E-state index contributed by atoms with van der Waals surface area (Å²) in [6.07, 6.45) is 3.48. The van der Waals surface area contributed by atoms with Gasteiger partial charge in [0.25, 0.3) is 0 Å². The van der Waals surface area contributed by atoms with Crippen LogP contribution in [0.4, 0.5) is 9.18 Å². The molecule has 1 aliphatic carbocycles. The number of carbonyl (C=O) groups is 1. The zero-order valence-electron chi connectivity index (χ0n) is 13.9. The van der Waals surface area contributed by atoms with Crippen molar-refractivity contribution in [3.63, 3.8) is 0 Å². The number of urea groups is 1. The molecule has 0 atom stereocenters. The highest BCUT2D eigenvalue weighted by molar-refractivity contribution is 5.73. The Bertz CT molecular complexity index is 543. The molecule has 0 radical (unpaired) electrons. The molecule has 0 heterocycles. The summed E-state index contributed by atoms with van der Waals surface area (Å²) in [5.41, 5.74) is 0.694. The number of aliphatic hydroxyl groups is 1. The van der Waals surface area contributed by atoms with Gasteiger partial charge in [-0.25, -0.2) is 9.18 Å². The van der Waals surface area contributed by atoms with Crippen LogP contribution in [0.5, 0.6) is 0 Å². The fourth-order valence-corrected chi connectivity index (χ4v) is 2.90. The molecule has 3 N–H and O–H groups in total. The molecule has 0 spiro atoms. The molecular weight excluding hydrogens is 297 g/mol. The van der Waals surface area contributed by atoms with E-state index in [4.69, 9.17) is 0 Å². The minimum atomic E-state index is -0.758. The highest BCUT2D eigenvalue weighted by Crippen LogP contribution is 2.28. The molecule has 1 aliphatic rings. The van der Waals surface area contributed by atoms with Crippen LogP contribution < -0.4 is 10.6 Å². The number of rotatable bonds is 6. The molecule has 2 rings (SSSR count). The molecule has 0 bridgehead atoms. The van der Waals surface area contributed by atoms with Gasteiger partial charge in [-0.3, -0.25) is 0 Å². The van der Waals surface area contributed by atoms with Gasteiger partial charge in [0, 0.05) is 25.2 Å². The maximum Gasteiger partial charge on any atom is 0.315 e. The molecule has 23 heavy (non-hydrogen) atoms. The lowest BCUT2D eigenvalue weighted by Gasteiger charge is -2.22. The lowest BCUT2D eigenvalue weighted by molar-refractivity contribution is 0.0501. The zero-order chi connectivity index (χ0) is 16.9. The quantitative estimate of drug-likeness (QED) is 0.750. The highest BCUT2D eigenvalue weighted by atomic mass is 19.1. The third-order valence-corrected chi connectivity index (χ3v) is 4.16. The van der Waals surface area contributed by atoms with Crippen molar-refractivity contribution in [2.45, 2.75) is 44.4 Å². The summed E-state index contributed by atoms with van der Waals surface area (Å²) in [5.74, 6) is -0.240. The first-order valence-electron chi connectivity index (χ1n) is 8.04. The second kappa shape index (κ2) is 7.75. The van der Waals surface area contributed by atoms with Gasteiger partial charge in [-0.1, -0.05) is 18.9 Å². The fraction of sp³-hybridized carbons (Fsp3) is 0.588. The first-order valence-corrected chi connectivity index (χ1v) is 8.04. The number of hydrogen-bond donors (Lipinski definition) is 3. The Hall–Kier alpha value is -1.66. The van der Waals surface area contributed by atoms with Crippen LogP contribution in [0.1, 0.15) is 36.8 Å². The second-order valence-corrected chi connectivity index (χ2v) is 6.63. The highest BCUT2D eigenvalue weighted by Gasteiger charge is 2.31. The van der Waals surface area contributed by atoms with Crippen LogP contribution in [0.15, 0.2) is 18.2 Å². The predicted octanol–water partition coefficient (Wildman–Crippen LogP) is 1.99. The molecule has 0 aromatic heterocycles. The average molecular weight is 323 g/mol. The van der Waals surface area contributed by atoms with Crippen molar-refractivity contribution in [1.29, 1.82) is 0 Å². The van der Waals surface area contributed by atoms with Crippen LogP contribution in [0.3, 0.4) is 0 Å². The van der Waals surface area contributed by atoms with E-state index in [-0.39, 0.29) is 18.4 Å². The van der Waals surface area contributed by atoms with Gasteiger partial charge in [0.1, 0.15) is 5.82 Å². The summed E-state index contributed by atoms with van der Waals surface area (Å²) < 4.78 is 13.7. The topological polar surface area (TPSA) is 64.6 Å². The number of carbonyl (C=O) groups excluding carboxylic acids is 1. The molecule has 1 aromatic rings. The van der Waals surface area contributed by atoms with E-state index in [1.807, 2.05) is 19.0 Å². The number of halogens is 1. The Balaban J connectivity index is 1.81. The van der Waals surface area contributed by atoms with Crippen molar-refractivity contribution in [2.24, 2.45) is 0 Å². The maximum atomic E-state index is 13.7. The Morgan fingerprint density at radius 3 is 2.65 bits per heavy atom. The van der Waals surface area contributed by atoms with Gasteiger partial charge < -0.3 is 20.6 Å². The SMILES string of the molecule is CN(C)Cc1cc(CNC(=O)NCC2(O)CCCC2)ccc1F. The predicted molar refractivity (Wildman–Crippen MR) is 87.4 cm³/mol. The van der Waals surface area contributed by atoms with Crippen LogP contribution in [-0.4, -0.2) is 42.3 Å². The average Bonchev–Trinajstić information content (AvgIpc) is 2.93. The summed E-state index contributed by atoms with van der Waals surface area (Å²) in [5, 5.41) is 15.6. The van der Waals surface area contributed by atoms with Gasteiger partial charge in [-0.2, -0.15) is 0 Å². The lowest BCUT2D eigenvalue weighted by Crippen LogP contribution is -2.44. The standard InChI is InChI=1S/C17H26FN3O2/c1-21(2)11-14-9-13(5-6-15(14)18)10-19-16(22)20-12-17(23)7-3-4-8-17/h5-6,9,23H,3-4,7-8,10-12H2,1-2H3,(H2,19,20,22). The molecule has 0 aliphatic heterocycles. The monoisotopic (exact) mass is 323 g/mol. The molecule has 0 unspecified atom stereocenters. The normalized spacial score (nSPS) is 16.6. The van der Waals surface area contributed by atoms with Crippen molar-refractivity contribution in [2.75, 3.05) is 20.6 Å². The molecule has 5 nitrogen and oxygen atoms in total. The van der Waals surface area contributed by atoms with Gasteiger partial charge in [-0.15, -0.1) is 0 Å². The molecule has 0 saturated heterocycles. The molecule has 1 fully saturated rings. The zero-order valence-corrected chi connectivity index (χ0v) is 13.9. The number of nitrogens with zero attached hydrogens (tertiary/aromatic N) is 1. The van der Waals surface area contributed by atoms with E-state index in [1.165, 1.54) is 6.07 Å². The van der Waals surface area contributed by atoms with E-state index in [2.05, 4.69) is 10.6 Å². The molecule has 6 heteroatoms. The van der Waals surface area contributed by atoms with Crippen molar-refractivity contribution in [1.82, 2.24) is 15.5 Å². The number of benzene rings is 1. The van der Waals surface area contributed by atoms with E-state index < -0.39 is 5.60 Å². The molecular formula is C17H26FN3O2. The van der Waals surface area contributed by atoms with Crippen LogP contribution in [0, 0.1) is 5.82 Å². The van der Waals surface area contributed by atoms with E-state index >= 15 is 0 Å². The fourth-order valence-electron chi connectivity index (χ4n) is 2.90. The Morgan fingerprint density at radius 1 is 1.30 bits per heavy atom. The number of amides is 2. The lowest BCUT2D eigenvalue weighted by atomic mass is 10.0. The summed E-state index contributed by atoms with van der Waals surface area (Å²) >= 11 is 0. The summed E-state index contributed by atoms with van der Waals surface area (Å²) in [4.78, 5) is 13.7. The van der Waals surface area contributed by atoms with Crippen molar-refractivity contribution < 1.29 is 14.3 Å². The van der Waals surface area contributed by atoms with Crippen LogP contribution in [-0.2, 0) is 13.1 Å². The van der Waals surface area contributed by atoms with E-state index in [0.29, 0.717) is 18.7 Å². The number of hydrogen-bond acceptors (Lipinski definition) is 3. The summed E-state index contributed by atoms with van der Waals surface area (Å²) in [6.45, 7) is 1.11. The Labute approximate surface area is 136 Å². The number of nitrogens with one attached hydrogen (secondary N) is 2. The Morgan fingerprint density at radius 2 is 2.00 bits per heavy atom. The van der Waals surface area contributed by atoms with Gasteiger partial charge in [0.2, 0.25) is 0 Å². The van der Waals surface area contributed by atoms with E-state index in [9.17, 15) is 14.3 Å². The minimum Gasteiger partial charge on any atom is -0.388 e. The third-order valence-electron chi connectivity index (χ3n) is 4.16. The third kappa shape index (κ3) is 5.48. The van der Waals surface area contributed by atoms with Crippen LogP contribution >= 0.6 is 0 Å². The van der Waals surface area contributed by atoms with Crippen molar-refractivity contribution in [3.8, 4) is 0 Å². The molecule has 128 valence electrons. The summed E-state index contributed by atoms with van der Waals surface area (Å²) in [7, 11) is 3.76. The first-order chi connectivity index (χ1) is 10.9. The van der Waals surface area contributed by atoms with Gasteiger partial charge in [0.05, 0.1) is 5.60 Å². The minimum absolute atomic E-state index is 0.240. The molecule has 1 aromatic carbocycles. The van der Waals surface area contributed by atoms with Gasteiger partial charge >= 0.3 is 6.03 Å². The second-order valence-electron chi connectivity index (χ2n) is 6.63. The van der Waals surface area contributed by atoms with Crippen molar-refractivity contribution in [3.05, 3.63) is 35.1 Å².